The van der Waals surface area contributed by atoms with Crippen LogP contribution in [0.25, 0.3) is 0 Å². The minimum absolute atomic E-state index is 0.293. The van der Waals surface area contributed by atoms with Crippen LogP contribution in [0.4, 0.5) is 10.8 Å². The predicted molar refractivity (Wildman–Crippen MR) is 127 cm³/mol. The number of halogens is 1. The summed E-state index contributed by atoms with van der Waals surface area (Å²) in [6, 6.07) is 12.7. The number of hydrogen-bond donors (Lipinski definition) is 2. The topological polar surface area (TPSA) is 88.9 Å². The summed E-state index contributed by atoms with van der Waals surface area (Å²) < 4.78 is 2.03. The first kappa shape index (κ1) is 21.7. The van der Waals surface area contributed by atoms with Crippen molar-refractivity contribution in [3.8, 4) is 0 Å². The molecule has 0 aliphatic carbocycles. The Kier molecular flexibility index (Phi) is 6.34. The van der Waals surface area contributed by atoms with E-state index >= 15 is 0 Å². The Bertz CT molecular complexity index is 1260. The number of nitrogens with zero attached hydrogens (tertiary/aromatic N) is 3. The third-order valence-corrected chi connectivity index (χ3v) is 6.13. The lowest BCUT2D eigenvalue weighted by molar-refractivity contribution is 0.102. The van der Waals surface area contributed by atoms with Gasteiger partial charge in [-0.2, -0.15) is 0 Å². The third-order valence-electron chi connectivity index (χ3n) is 4.90. The smallest absolute Gasteiger partial charge is 0.267 e. The fraction of sp³-hybridized carbons (Fsp3) is 0.130. The van der Waals surface area contributed by atoms with E-state index in [1.807, 2.05) is 48.9 Å². The van der Waals surface area contributed by atoms with E-state index in [1.54, 1.807) is 24.4 Å². The Balaban J connectivity index is 1.39. The summed E-state index contributed by atoms with van der Waals surface area (Å²) in [5.41, 5.74) is 2.98. The van der Waals surface area contributed by atoms with Crippen molar-refractivity contribution >= 4 is 45.6 Å². The molecule has 2 aromatic heterocycles. The summed E-state index contributed by atoms with van der Waals surface area (Å²) in [5, 5.41) is 6.35. The highest BCUT2D eigenvalue weighted by atomic mass is 35.5. The number of imidazole rings is 1. The monoisotopic (exact) mass is 465 g/mol. The van der Waals surface area contributed by atoms with Gasteiger partial charge in [-0.25, -0.2) is 9.97 Å². The van der Waals surface area contributed by atoms with Gasteiger partial charge in [-0.15, -0.1) is 0 Å². The van der Waals surface area contributed by atoms with Crippen molar-refractivity contribution in [3.63, 3.8) is 0 Å². The molecular formula is C23H20ClN5O2S. The van der Waals surface area contributed by atoms with Gasteiger partial charge < -0.3 is 9.88 Å². The first-order chi connectivity index (χ1) is 15.4. The van der Waals surface area contributed by atoms with E-state index in [-0.39, 0.29) is 11.8 Å². The summed E-state index contributed by atoms with van der Waals surface area (Å²) in [5.74, 6) is 0.303. The molecule has 2 N–H and O–H groups in total. The molecule has 0 fully saturated rings. The van der Waals surface area contributed by atoms with Crippen LogP contribution in [0.1, 0.15) is 37.0 Å². The zero-order valence-electron chi connectivity index (χ0n) is 17.4. The summed E-state index contributed by atoms with van der Waals surface area (Å²) in [4.78, 5) is 33.9. The van der Waals surface area contributed by atoms with E-state index in [0.29, 0.717) is 32.8 Å². The second kappa shape index (κ2) is 9.33. The molecule has 0 bridgehead atoms. The largest absolute Gasteiger partial charge is 0.331 e. The molecule has 0 aliphatic rings. The van der Waals surface area contributed by atoms with Gasteiger partial charge in [-0.1, -0.05) is 47.2 Å². The molecule has 9 heteroatoms. The van der Waals surface area contributed by atoms with Crippen LogP contribution in [0.3, 0.4) is 0 Å². The number of benzene rings is 2. The van der Waals surface area contributed by atoms with E-state index in [2.05, 4.69) is 20.6 Å². The Morgan fingerprint density at radius 2 is 1.81 bits per heavy atom. The van der Waals surface area contributed by atoms with Crippen LogP contribution in [0.15, 0.2) is 61.1 Å². The average molecular weight is 466 g/mol. The SMILES string of the molecule is Cc1cccc(Cl)c1NC(=O)c1cnc(NC(=O)c2ccc(Cn3ccnc3C)cc2)s1. The Labute approximate surface area is 194 Å². The molecule has 4 rings (SSSR count). The Hall–Kier alpha value is -3.49. The van der Waals surface area contributed by atoms with Crippen molar-refractivity contribution in [3.05, 3.63) is 93.5 Å². The van der Waals surface area contributed by atoms with Crippen molar-refractivity contribution in [2.75, 3.05) is 10.6 Å². The van der Waals surface area contributed by atoms with Crippen molar-refractivity contribution in [2.24, 2.45) is 0 Å². The van der Waals surface area contributed by atoms with Crippen molar-refractivity contribution in [2.45, 2.75) is 20.4 Å². The third kappa shape index (κ3) is 4.87. The van der Waals surface area contributed by atoms with E-state index in [0.717, 1.165) is 28.3 Å². The average Bonchev–Trinajstić information content (AvgIpc) is 3.40. The molecule has 0 spiro atoms. The normalized spacial score (nSPS) is 10.7. The molecule has 2 aromatic carbocycles. The van der Waals surface area contributed by atoms with Crippen molar-refractivity contribution in [1.29, 1.82) is 0 Å². The van der Waals surface area contributed by atoms with Crippen LogP contribution in [0, 0.1) is 13.8 Å². The lowest BCUT2D eigenvalue weighted by Crippen LogP contribution is -2.12. The maximum absolute atomic E-state index is 12.6. The summed E-state index contributed by atoms with van der Waals surface area (Å²) >= 11 is 7.27. The molecule has 2 amide bonds. The van der Waals surface area contributed by atoms with E-state index in [9.17, 15) is 9.59 Å². The molecule has 4 aromatic rings. The minimum atomic E-state index is -0.335. The van der Waals surface area contributed by atoms with Gasteiger partial charge in [0.25, 0.3) is 11.8 Å². The number of nitrogens with one attached hydrogen (secondary N) is 2. The standard InChI is InChI=1S/C23H20ClN5O2S/c1-14-4-3-5-18(24)20(14)27-22(31)19-12-26-23(32-19)28-21(30)17-8-6-16(7-9-17)13-29-11-10-25-15(29)2/h3-12H,13H2,1-2H3,(H,27,31)(H,26,28,30). The van der Waals surface area contributed by atoms with Gasteiger partial charge in [0.2, 0.25) is 0 Å². The van der Waals surface area contributed by atoms with Crippen LogP contribution >= 0.6 is 22.9 Å². The van der Waals surface area contributed by atoms with E-state index in [4.69, 9.17) is 11.6 Å². The summed E-state index contributed by atoms with van der Waals surface area (Å²) in [7, 11) is 0. The van der Waals surface area contributed by atoms with Gasteiger partial charge in [-0.05, 0) is 43.2 Å². The number of rotatable bonds is 6. The molecule has 7 nitrogen and oxygen atoms in total. The van der Waals surface area contributed by atoms with Gasteiger partial charge in [0.05, 0.1) is 16.9 Å². The quantitative estimate of drug-likeness (QED) is 0.411. The summed E-state index contributed by atoms with van der Waals surface area (Å²) in [6.07, 6.45) is 5.10. The summed E-state index contributed by atoms with van der Waals surface area (Å²) in [6.45, 7) is 4.49. The van der Waals surface area contributed by atoms with Crippen LogP contribution in [0.5, 0.6) is 0 Å². The first-order valence-electron chi connectivity index (χ1n) is 9.81. The van der Waals surface area contributed by atoms with Crippen molar-refractivity contribution in [1.82, 2.24) is 14.5 Å². The second-order valence-corrected chi connectivity index (χ2v) is 8.61. The minimum Gasteiger partial charge on any atom is -0.331 e. The molecule has 32 heavy (non-hydrogen) atoms. The predicted octanol–water partition coefficient (Wildman–Crippen LogP) is 5.16. The van der Waals surface area contributed by atoms with Crippen molar-refractivity contribution < 1.29 is 9.59 Å². The molecule has 0 radical (unpaired) electrons. The highest BCUT2D eigenvalue weighted by Crippen LogP contribution is 2.27. The zero-order chi connectivity index (χ0) is 22.7. The van der Waals surface area contributed by atoms with Crippen LogP contribution < -0.4 is 10.6 Å². The fourth-order valence-electron chi connectivity index (χ4n) is 3.10. The number of anilines is 2. The van der Waals surface area contributed by atoms with Gasteiger partial charge in [0, 0.05) is 24.5 Å². The maximum atomic E-state index is 12.6. The molecular weight excluding hydrogens is 446 g/mol. The second-order valence-electron chi connectivity index (χ2n) is 7.17. The number of hydrogen-bond acceptors (Lipinski definition) is 5. The Morgan fingerprint density at radius 1 is 1.03 bits per heavy atom. The number of aryl methyl sites for hydroxylation is 2. The zero-order valence-corrected chi connectivity index (χ0v) is 19.0. The number of carbonyl (C=O) groups is 2. The lowest BCUT2D eigenvalue weighted by atomic mass is 10.1. The van der Waals surface area contributed by atoms with Gasteiger partial charge >= 0.3 is 0 Å². The van der Waals surface area contributed by atoms with E-state index in [1.165, 1.54) is 6.20 Å². The maximum Gasteiger partial charge on any atom is 0.267 e. The lowest BCUT2D eigenvalue weighted by Gasteiger charge is -2.08. The molecule has 0 atom stereocenters. The first-order valence-corrected chi connectivity index (χ1v) is 11.0. The highest BCUT2D eigenvalue weighted by molar-refractivity contribution is 7.17. The van der Waals surface area contributed by atoms with Gasteiger partial charge in [-0.3, -0.25) is 14.9 Å². The molecule has 0 unspecified atom stereocenters. The number of para-hydroxylation sites is 1. The van der Waals surface area contributed by atoms with Gasteiger partial charge in [0.15, 0.2) is 5.13 Å². The van der Waals surface area contributed by atoms with Crippen LogP contribution in [-0.2, 0) is 6.54 Å². The molecule has 0 saturated heterocycles. The van der Waals surface area contributed by atoms with Crippen LogP contribution in [-0.4, -0.2) is 26.3 Å². The highest BCUT2D eigenvalue weighted by Gasteiger charge is 2.15. The van der Waals surface area contributed by atoms with Gasteiger partial charge in [0.1, 0.15) is 10.7 Å². The number of aromatic nitrogens is 3. The molecule has 0 aliphatic heterocycles. The molecule has 162 valence electrons. The molecule has 2 heterocycles. The number of amides is 2. The number of carbonyl (C=O) groups excluding carboxylic acids is 2. The van der Waals surface area contributed by atoms with Crippen LogP contribution in [0.2, 0.25) is 5.02 Å². The number of thiazole rings is 1. The molecule has 0 saturated carbocycles. The Morgan fingerprint density at radius 3 is 2.50 bits per heavy atom. The fourth-order valence-corrected chi connectivity index (χ4v) is 4.08. The van der Waals surface area contributed by atoms with E-state index < -0.39 is 0 Å².